The quantitative estimate of drug-likeness (QED) is 0.418. The molecule has 1 N–H and O–H groups in total. The molecular formula is C23H27N3O2S2. The lowest BCUT2D eigenvalue weighted by molar-refractivity contribution is -0.118. The van der Waals surface area contributed by atoms with Crippen LogP contribution in [0.5, 0.6) is 0 Å². The molecule has 0 spiro atoms. The monoisotopic (exact) mass is 441 g/mol. The van der Waals surface area contributed by atoms with Gasteiger partial charge in [-0.3, -0.25) is 14.2 Å². The summed E-state index contributed by atoms with van der Waals surface area (Å²) in [6, 6.07) is 8.19. The first-order valence-electron chi connectivity index (χ1n) is 10.4. The predicted molar refractivity (Wildman–Crippen MR) is 125 cm³/mol. The number of amides is 1. The van der Waals surface area contributed by atoms with Crippen LogP contribution in [0.2, 0.25) is 0 Å². The molecular weight excluding hydrogens is 414 g/mol. The Morgan fingerprint density at radius 1 is 1.27 bits per heavy atom. The highest BCUT2D eigenvalue weighted by molar-refractivity contribution is 7.99. The van der Waals surface area contributed by atoms with E-state index in [0.717, 1.165) is 28.9 Å². The molecule has 0 aliphatic heterocycles. The van der Waals surface area contributed by atoms with Gasteiger partial charge in [-0.1, -0.05) is 48.5 Å². The van der Waals surface area contributed by atoms with Gasteiger partial charge >= 0.3 is 0 Å². The maximum atomic E-state index is 13.5. The smallest absolute Gasteiger partial charge is 0.263 e. The summed E-state index contributed by atoms with van der Waals surface area (Å²) in [4.78, 5) is 32.5. The molecule has 0 atom stereocenters. The minimum atomic E-state index is -0.0186. The summed E-state index contributed by atoms with van der Waals surface area (Å²) in [5.41, 5.74) is 3.25. The molecule has 2 heterocycles. The highest BCUT2D eigenvalue weighted by atomic mass is 32.2. The van der Waals surface area contributed by atoms with Crippen LogP contribution in [0.4, 0.5) is 0 Å². The fraction of sp³-hybridized carbons (Fsp3) is 0.435. The molecule has 1 amide bonds. The van der Waals surface area contributed by atoms with Crippen molar-refractivity contribution in [3.63, 3.8) is 0 Å². The zero-order valence-corrected chi connectivity index (χ0v) is 19.3. The van der Waals surface area contributed by atoms with Gasteiger partial charge in [0.05, 0.1) is 17.7 Å². The second-order valence-electron chi connectivity index (χ2n) is 7.99. The summed E-state index contributed by atoms with van der Waals surface area (Å²) in [5, 5.41) is 4.32. The largest absolute Gasteiger partial charge is 0.355 e. The number of carbonyl (C=O) groups is 1. The van der Waals surface area contributed by atoms with Crippen molar-refractivity contribution in [2.45, 2.75) is 51.7 Å². The lowest BCUT2D eigenvalue weighted by Crippen LogP contribution is -2.28. The summed E-state index contributed by atoms with van der Waals surface area (Å²) in [7, 11) is 0. The first-order chi connectivity index (χ1) is 14.5. The molecule has 158 valence electrons. The second kappa shape index (κ2) is 8.94. The molecule has 3 aromatic rings. The Hall–Kier alpha value is -2.12. The number of aromatic nitrogens is 2. The summed E-state index contributed by atoms with van der Waals surface area (Å²) in [6.07, 6.45) is 3.30. The second-order valence-corrected chi connectivity index (χ2v) is 10.0. The summed E-state index contributed by atoms with van der Waals surface area (Å²) in [5.74, 6) is 0.915. The molecule has 1 aliphatic carbocycles. The average Bonchev–Trinajstić information content (AvgIpc) is 3.51. The number of fused-ring (bicyclic) bond motifs is 1. The van der Waals surface area contributed by atoms with E-state index in [4.69, 9.17) is 4.98 Å². The first-order valence-corrected chi connectivity index (χ1v) is 12.2. The summed E-state index contributed by atoms with van der Waals surface area (Å²) >= 11 is 2.94. The van der Waals surface area contributed by atoms with Crippen molar-refractivity contribution >= 4 is 39.2 Å². The fourth-order valence-corrected chi connectivity index (χ4v) is 5.45. The molecule has 0 saturated heterocycles. The lowest BCUT2D eigenvalue weighted by Gasteiger charge is -2.13. The van der Waals surface area contributed by atoms with Crippen molar-refractivity contribution in [3.8, 4) is 0 Å². The summed E-state index contributed by atoms with van der Waals surface area (Å²) < 4.78 is 1.73. The third-order valence-electron chi connectivity index (χ3n) is 5.51. The summed E-state index contributed by atoms with van der Waals surface area (Å²) in [6.45, 7) is 7.36. The van der Waals surface area contributed by atoms with Crippen LogP contribution < -0.4 is 10.9 Å². The van der Waals surface area contributed by atoms with Gasteiger partial charge in [-0.15, -0.1) is 11.3 Å². The van der Waals surface area contributed by atoms with Crippen LogP contribution in [0.1, 0.15) is 41.3 Å². The molecule has 0 unspecified atom stereocenters. The number of aryl methyl sites for hydroxylation is 3. The molecule has 30 heavy (non-hydrogen) atoms. The van der Waals surface area contributed by atoms with Crippen LogP contribution in [-0.2, 0) is 17.8 Å². The molecule has 0 bridgehead atoms. The maximum Gasteiger partial charge on any atom is 0.263 e. The van der Waals surface area contributed by atoms with Crippen molar-refractivity contribution in [2.24, 2.45) is 5.92 Å². The normalized spacial score (nSPS) is 13.7. The predicted octanol–water partition coefficient (Wildman–Crippen LogP) is 4.30. The molecule has 1 aliphatic rings. The fourth-order valence-electron chi connectivity index (χ4n) is 3.47. The third kappa shape index (κ3) is 4.62. The van der Waals surface area contributed by atoms with E-state index in [1.165, 1.54) is 35.0 Å². The molecule has 5 nitrogen and oxygen atoms in total. The van der Waals surface area contributed by atoms with Crippen LogP contribution in [0.25, 0.3) is 10.2 Å². The van der Waals surface area contributed by atoms with E-state index in [0.29, 0.717) is 23.0 Å². The number of carbonyl (C=O) groups excluding carboxylic acids is 1. The van der Waals surface area contributed by atoms with E-state index in [-0.39, 0.29) is 17.2 Å². The molecule has 2 aromatic heterocycles. The zero-order valence-electron chi connectivity index (χ0n) is 17.7. The van der Waals surface area contributed by atoms with Gasteiger partial charge in [0.15, 0.2) is 5.16 Å². The number of thiophene rings is 1. The third-order valence-corrected chi connectivity index (χ3v) is 7.82. The molecule has 1 saturated carbocycles. The van der Waals surface area contributed by atoms with Crippen LogP contribution >= 0.6 is 23.1 Å². The first kappa shape index (κ1) is 21.1. The highest BCUT2D eigenvalue weighted by Gasteiger charge is 2.22. The van der Waals surface area contributed by atoms with Gasteiger partial charge in [0.2, 0.25) is 5.91 Å². The minimum absolute atomic E-state index is 0.000241. The average molecular weight is 442 g/mol. The van der Waals surface area contributed by atoms with Crippen LogP contribution in [0.3, 0.4) is 0 Å². The molecule has 1 aromatic carbocycles. The number of hydrogen-bond donors (Lipinski definition) is 1. The SMILES string of the molecule is CCc1sc2nc(SCC(=O)NCC3CC3)n(Cc3ccc(C)cc3)c(=O)c2c1C. The number of nitrogens with one attached hydrogen (secondary N) is 1. The Morgan fingerprint density at radius 2 is 2.00 bits per heavy atom. The zero-order chi connectivity index (χ0) is 21.3. The molecule has 4 rings (SSSR count). The van der Waals surface area contributed by atoms with Crippen molar-refractivity contribution in [1.29, 1.82) is 0 Å². The molecule has 0 radical (unpaired) electrons. The van der Waals surface area contributed by atoms with E-state index < -0.39 is 0 Å². The Bertz CT molecular complexity index is 1130. The van der Waals surface area contributed by atoms with Gasteiger partial charge in [-0.2, -0.15) is 0 Å². The van der Waals surface area contributed by atoms with Crippen molar-refractivity contribution in [1.82, 2.24) is 14.9 Å². The van der Waals surface area contributed by atoms with E-state index in [2.05, 4.69) is 24.4 Å². The Labute approximate surface area is 184 Å². The van der Waals surface area contributed by atoms with Crippen molar-refractivity contribution in [3.05, 3.63) is 56.2 Å². The van der Waals surface area contributed by atoms with Crippen LogP contribution in [0.15, 0.2) is 34.2 Å². The lowest BCUT2D eigenvalue weighted by atomic mass is 10.1. The number of benzene rings is 1. The number of hydrogen-bond acceptors (Lipinski definition) is 5. The van der Waals surface area contributed by atoms with E-state index in [9.17, 15) is 9.59 Å². The molecule has 1 fully saturated rings. The van der Waals surface area contributed by atoms with Crippen molar-refractivity contribution in [2.75, 3.05) is 12.3 Å². The van der Waals surface area contributed by atoms with Crippen molar-refractivity contribution < 1.29 is 4.79 Å². The Morgan fingerprint density at radius 3 is 2.67 bits per heavy atom. The van der Waals surface area contributed by atoms with E-state index in [1.54, 1.807) is 15.9 Å². The topological polar surface area (TPSA) is 64.0 Å². The van der Waals surface area contributed by atoms with Gasteiger partial charge in [-0.25, -0.2) is 4.98 Å². The number of rotatable bonds is 8. The van der Waals surface area contributed by atoms with Gasteiger partial charge in [0, 0.05) is 11.4 Å². The van der Waals surface area contributed by atoms with E-state index >= 15 is 0 Å². The van der Waals surface area contributed by atoms with Gasteiger partial charge in [0.1, 0.15) is 4.83 Å². The number of nitrogens with zero attached hydrogens (tertiary/aromatic N) is 2. The highest BCUT2D eigenvalue weighted by Crippen LogP contribution is 2.30. The van der Waals surface area contributed by atoms with Gasteiger partial charge < -0.3 is 5.32 Å². The number of thioether (sulfide) groups is 1. The van der Waals surface area contributed by atoms with Crippen LogP contribution in [-0.4, -0.2) is 27.8 Å². The van der Waals surface area contributed by atoms with Gasteiger partial charge in [0.25, 0.3) is 5.56 Å². The minimum Gasteiger partial charge on any atom is -0.355 e. The maximum absolute atomic E-state index is 13.5. The van der Waals surface area contributed by atoms with Gasteiger partial charge in [-0.05, 0) is 50.2 Å². The Balaban J connectivity index is 1.67. The standard InChI is InChI=1S/C23H27N3O2S2/c1-4-18-15(3)20-21(30-18)25-23(29-13-19(27)24-11-16-9-10-16)26(22(20)28)12-17-7-5-14(2)6-8-17/h5-8,16H,4,9-13H2,1-3H3,(H,24,27). The van der Waals surface area contributed by atoms with E-state index in [1.807, 2.05) is 26.0 Å². The van der Waals surface area contributed by atoms with Crippen LogP contribution in [0, 0.1) is 19.8 Å². The molecule has 7 heteroatoms. The Kier molecular flexibility index (Phi) is 6.29.